The number of hydrogen-bond acceptors (Lipinski definition) is 3. The fourth-order valence-corrected chi connectivity index (χ4v) is 3.06. The standard InChI is InChI=1S/C21H20N4O2/c1-27-12-11-25-10-9-16-13-17(7-8-20(16)25)22-21(26)19-14-18(23-24-19)15-5-3-2-4-6-15/h2-10,13-14H,11-12H2,1H3,(H,22,26)(H,23,24). The number of nitrogens with zero attached hydrogens (tertiary/aromatic N) is 2. The maximum Gasteiger partial charge on any atom is 0.273 e. The number of aromatic nitrogens is 3. The van der Waals surface area contributed by atoms with Gasteiger partial charge in [0.15, 0.2) is 0 Å². The van der Waals surface area contributed by atoms with Crippen LogP contribution in [0.5, 0.6) is 0 Å². The lowest BCUT2D eigenvalue weighted by Gasteiger charge is -2.06. The number of aromatic amines is 1. The van der Waals surface area contributed by atoms with Gasteiger partial charge in [-0.05, 0) is 30.3 Å². The van der Waals surface area contributed by atoms with Crippen molar-refractivity contribution < 1.29 is 9.53 Å². The maximum atomic E-state index is 12.5. The first-order valence-corrected chi connectivity index (χ1v) is 8.74. The van der Waals surface area contributed by atoms with E-state index < -0.39 is 0 Å². The number of carbonyl (C=O) groups excluding carboxylic acids is 1. The number of methoxy groups -OCH3 is 1. The largest absolute Gasteiger partial charge is 0.383 e. The van der Waals surface area contributed by atoms with Crippen LogP contribution in [0.25, 0.3) is 22.2 Å². The highest BCUT2D eigenvalue weighted by atomic mass is 16.5. The molecule has 0 aliphatic rings. The predicted octanol–water partition coefficient (Wildman–Crippen LogP) is 3.93. The van der Waals surface area contributed by atoms with Crippen molar-refractivity contribution in [2.45, 2.75) is 6.54 Å². The molecule has 2 aromatic carbocycles. The Morgan fingerprint density at radius 1 is 1.15 bits per heavy atom. The van der Waals surface area contributed by atoms with E-state index in [9.17, 15) is 4.79 Å². The van der Waals surface area contributed by atoms with Gasteiger partial charge < -0.3 is 14.6 Å². The molecule has 0 saturated heterocycles. The molecule has 2 heterocycles. The summed E-state index contributed by atoms with van der Waals surface area (Å²) in [5, 5.41) is 11.0. The van der Waals surface area contributed by atoms with E-state index >= 15 is 0 Å². The normalized spacial score (nSPS) is 11.0. The average Bonchev–Trinajstić information content (AvgIpc) is 3.34. The molecular weight excluding hydrogens is 340 g/mol. The monoisotopic (exact) mass is 360 g/mol. The van der Waals surface area contributed by atoms with E-state index in [0.717, 1.165) is 34.4 Å². The minimum atomic E-state index is -0.220. The third kappa shape index (κ3) is 3.61. The summed E-state index contributed by atoms with van der Waals surface area (Å²) in [5.41, 5.74) is 3.98. The molecule has 0 spiro atoms. The first kappa shape index (κ1) is 17.1. The third-order valence-corrected chi connectivity index (χ3v) is 4.46. The molecule has 4 aromatic rings. The summed E-state index contributed by atoms with van der Waals surface area (Å²) in [6, 6.07) is 19.4. The van der Waals surface area contributed by atoms with Crippen LogP contribution in [-0.4, -0.2) is 34.4 Å². The Morgan fingerprint density at radius 2 is 2.00 bits per heavy atom. The summed E-state index contributed by atoms with van der Waals surface area (Å²) >= 11 is 0. The van der Waals surface area contributed by atoms with E-state index in [4.69, 9.17) is 4.74 Å². The fourth-order valence-electron chi connectivity index (χ4n) is 3.06. The van der Waals surface area contributed by atoms with Gasteiger partial charge in [-0.3, -0.25) is 9.89 Å². The van der Waals surface area contributed by atoms with E-state index in [1.54, 1.807) is 13.2 Å². The van der Waals surface area contributed by atoms with Crippen molar-refractivity contribution in [3.8, 4) is 11.3 Å². The molecule has 0 saturated carbocycles. The first-order valence-electron chi connectivity index (χ1n) is 8.74. The van der Waals surface area contributed by atoms with Crippen molar-refractivity contribution in [1.29, 1.82) is 0 Å². The van der Waals surface area contributed by atoms with Gasteiger partial charge >= 0.3 is 0 Å². The van der Waals surface area contributed by atoms with Crippen LogP contribution in [0.3, 0.4) is 0 Å². The van der Waals surface area contributed by atoms with Gasteiger partial charge in [-0.1, -0.05) is 30.3 Å². The summed E-state index contributed by atoms with van der Waals surface area (Å²) < 4.78 is 7.27. The number of H-pyrrole nitrogens is 1. The molecule has 0 fully saturated rings. The Balaban J connectivity index is 1.50. The molecule has 27 heavy (non-hydrogen) atoms. The fraction of sp³-hybridized carbons (Fsp3) is 0.143. The van der Waals surface area contributed by atoms with Crippen LogP contribution in [0, 0.1) is 0 Å². The number of benzene rings is 2. The number of anilines is 1. The highest BCUT2D eigenvalue weighted by molar-refractivity contribution is 6.04. The smallest absolute Gasteiger partial charge is 0.273 e. The van der Waals surface area contributed by atoms with E-state index in [1.807, 2.05) is 60.8 Å². The molecule has 0 aliphatic heterocycles. The third-order valence-electron chi connectivity index (χ3n) is 4.46. The highest BCUT2D eigenvalue weighted by Gasteiger charge is 2.12. The molecule has 2 N–H and O–H groups in total. The predicted molar refractivity (Wildman–Crippen MR) is 106 cm³/mol. The number of amides is 1. The molecular formula is C21H20N4O2. The Bertz CT molecular complexity index is 1070. The van der Waals surface area contributed by atoms with Crippen LogP contribution >= 0.6 is 0 Å². The van der Waals surface area contributed by atoms with Gasteiger partial charge in [-0.25, -0.2) is 0 Å². The zero-order chi connectivity index (χ0) is 18.6. The Morgan fingerprint density at radius 3 is 2.81 bits per heavy atom. The molecule has 2 aromatic heterocycles. The zero-order valence-corrected chi connectivity index (χ0v) is 15.0. The van der Waals surface area contributed by atoms with Crippen LogP contribution in [0.4, 0.5) is 5.69 Å². The van der Waals surface area contributed by atoms with Crippen LogP contribution in [0.1, 0.15) is 10.5 Å². The zero-order valence-electron chi connectivity index (χ0n) is 15.0. The van der Waals surface area contributed by atoms with Gasteiger partial charge in [0.05, 0.1) is 12.3 Å². The molecule has 0 unspecified atom stereocenters. The summed E-state index contributed by atoms with van der Waals surface area (Å²) in [6.45, 7) is 1.45. The molecule has 0 radical (unpaired) electrons. The Kier molecular flexibility index (Phi) is 4.72. The molecule has 6 heteroatoms. The van der Waals surface area contributed by atoms with Crippen molar-refractivity contribution in [1.82, 2.24) is 14.8 Å². The molecule has 0 aliphatic carbocycles. The van der Waals surface area contributed by atoms with Gasteiger partial charge in [0.25, 0.3) is 5.91 Å². The number of carbonyl (C=O) groups is 1. The molecule has 6 nitrogen and oxygen atoms in total. The quantitative estimate of drug-likeness (QED) is 0.547. The number of fused-ring (bicyclic) bond motifs is 1. The van der Waals surface area contributed by atoms with Gasteiger partial charge in [0.2, 0.25) is 0 Å². The summed E-state index contributed by atoms with van der Waals surface area (Å²) in [4.78, 5) is 12.5. The summed E-state index contributed by atoms with van der Waals surface area (Å²) in [6.07, 6.45) is 2.02. The van der Waals surface area contributed by atoms with Crippen molar-refractivity contribution in [3.05, 3.63) is 72.6 Å². The lowest BCUT2D eigenvalue weighted by Crippen LogP contribution is -2.12. The van der Waals surface area contributed by atoms with E-state index in [-0.39, 0.29) is 5.91 Å². The second kappa shape index (κ2) is 7.47. The van der Waals surface area contributed by atoms with Crippen LogP contribution < -0.4 is 5.32 Å². The summed E-state index contributed by atoms with van der Waals surface area (Å²) in [7, 11) is 1.69. The van der Waals surface area contributed by atoms with Crippen molar-refractivity contribution in [2.75, 3.05) is 19.0 Å². The van der Waals surface area contributed by atoms with Crippen molar-refractivity contribution in [2.24, 2.45) is 0 Å². The minimum absolute atomic E-state index is 0.220. The topological polar surface area (TPSA) is 71.9 Å². The summed E-state index contributed by atoms with van der Waals surface area (Å²) in [5.74, 6) is -0.220. The van der Waals surface area contributed by atoms with Gasteiger partial charge in [0.1, 0.15) is 5.69 Å². The van der Waals surface area contributed by atoms with E-state index in [1.165, 1.54) is 0 Å². The van der Waals surface area contributed by atoms with Crippen molar-refractivity contribution in [3.63, 3.8) is 0 Å². The second-order valence-electron chi connectivity index (χ2n) is 6.26. The van der Waals surface area contributed by atoms with E-state index in [2.05, 4.69) is 20.1 Å². The van der Waals surface area contributed by atoms with Crippen LogP contribution in [0.15, 0.2) is 66.9 Å². The first-order chi connectivity index (χ1) is 13.2. The number of rotatable bonds is 6. The average molecular weight is 360 g/mol. The molecule has 0 bridgehead atoms. The molecule has 1 amide bonds. The molecule has 0 atom stereocenters. The lowest BCUT2D eigenvalue weighted by molar-refractivity contribution is 0.102. The highest BCUT2D eigenvalue weighted by Crippen LogP contribution is 2.22. The number of ether oxygens (including phenoxy) is 1. The Hall–Kier alpha value is -3.38. The van der Waals surface area contributed by atoms with Gasteiger partial charge in [0, 0.05) is 42.0 Å². The van der Waals surface area contributed by atoms with Crippen molar-refractivity contribution >= 4 is 22.5 Å². The van der Waals surface area contributed by atoms with Gasteiger partial charge in [-0.2, -0.15) is 5.10 Å². The lowest BCUT2D eigenvalue weighted by atomic mass is 10.1. The SMILES string of the molecule is COCCn1ccc2cc(NC(=O)c3cc(-c4ccccc4)n[nH]3)ccc21. The minimum Gasteiger partial charge on any atom is -0.383 e. The van der Waals surface area contributed by atoms with Crippen LogP contribution in [-0.2, 0) is 11.3 Å². The van der Waals surface area contributed by atoms with Crippen LogP contribution in [0.2, 0.25) is 0 Å². The maximum absolute atomic E-state index is 12.5. The number of nitrogens with one attached hydrogen (secondary N) is 2. The molecule has 4 rings (SSSR count). The number of hydrogen-bond donors (Lipinski definition) is 2. The van der Waals surface area contributed by atoms with E-state index in [0.29, 0.717) is 12.3 Å². The second-order valence-corrected chi connectivity index (χ2v) is 6.26. The molecule has 136 valence electrons. The Labute approximate surface area is 156 Å². The van der Waals surface area contributed by atoms with Gasteiger partial charge in [-0.15, -0.1) is 0 Å².